The Hall–Kier alpha value is -0.550. The van der Waals surface area contributed by atoms with Crippen molar-refractivity contribution in [2.24, 2.45) is 0 Å². The van der Waals surface area contributed by atoms with Crippen molar-refractivity contribution in [3.63, 3.8) is 0 Å². The molecule has 0 saturated heterocycles. The first-order valence-corrected chi connectivity index (χ1v) is 7.52. The minimum Gasteiger partial charge on any atom is -0.321 e. The van der Waals surface area contributed by atoms with E-state index in [-0.39, 0.29) is 5.91 Å². The first kappa shape index (κ1) is 14.9. The molecule has 6 heteroatoms. The third-order valence-corrected chi connectivity index (χ3v) is 3.78. The number of carbonyl (C=O) groups is 1. The molecule has 0 aromatic heterocycles. The summed E-state index contributed by atoms with van der Waals surface area (Å²) in [4.78, 5) is 12.1. The predicted octanol–water partition coefficient (Wildman–Crippen LogP) is 5.77. The van der Waals surface area contributed by atoms with E-state index >= 15 is 0 Å². The summed E-state index contributed by atoms with van der Waals surface area (Å²) in [6.45, 7) is 0. The molecule has 0 aliphatic carbocycles. The lowest BCUT2D eigenvalue weighted by Crippen LogP contribution is -2.12. The van der Waals surface area contributed by atoms with Gasteiger partial charge in [-0.1, -0.05) is 55.1 Å². The van der Waals surface area contributed by atoms with Gasteiger partial charge in [-0.3, -0.25) is 4.79 Å². The molecule has 2 aromatic carbocycles. The van der Waals surface area contributed by atoms with Crippen LogP contribution in [0.5, 0.6) is 0 Å². The van der Waals surface area contributed by atoms with E-state index in [1.54, 1.807) is 30.3 Å². The second kappa shape index (κ2) is 6.27. The van der Waals surface area contributed by atoms with E-state index in [0.29, 0.717) is 21.3 Å². The Balaban J connectivity index is 2.28. The Labute approximate surface area is 137 Å². The molecule has 0 saturated carbocycles. The number of carbonyl (C=O) groups excluding carboxylic acids is 1. The number of rotatable bonds is 2. The van der Waals surface area contributed by atoms with Crippen LogP contribution in [0.25, 0.3) is 0 Å². The Morgan fingerprint density at radius 2 is 1.63 bits per heavy atom. The number of amides is 1. The predicted molar refractivity (Wildman–Crippen MR) is 86.3 cm³/mol. The van der Waals surface area contributed by atoms with Crippen LogP contribution >= 0.6 is 55.1 Å². The Morgan fingerprint density at radius 3 is 2.26 bits per heavy atom. The van der Waals surface area contributed by atoms with Crippen LogP contribution in [-0.4, -0.2) is 5.91 Å². The quantitative estimate of drug-likeness (QED) is 0.652. The summed E-state index contributed by atoms with van der Waals surface area (Å²) in [7, 11) is 0. The van der Waals surface area contributed by atoms with E-state index in [9.17, 15) is 4.79 Å². The van der Waals surface area contributed by atoms with E-state index < -0.39 is 0 Å². The van der Waals surface area contributed by atoms with Gasteiger partial charge >= 0.3 is 0 Å². The van der Waals surface area contributed by atoms with Gasteiger partial charge in [0.25, 0.3) is 5.91 Å². The summed E-state index contributed by atoms with van der Waals surface area (Å²) in [5.74, 6) is -0.258. The molecular formula is C13H7Br2Cl2NO. The van der Waals surface area contributed by atoms with Crippen molar-refractivity contribution in [1.82, 2.24) is 0 Å². The highest BCUT2D eigenvalue weighted by Crippen LogP contribution is 2.27. The molecule has 98 valence electrons. The lowest BCUT2D eigenvalue weighted by molar-refractivity contribution is 0.102. The summed E-state index contributed by atoms with van der Waals surface area (Å²) < 4.78 is 1.62. The molecule has 19 heavy (non-hydrogen) atoms. The molecule has 2 rings (SSSR count). The van der Waals surface area contributed by atoms with E-state index in [4.69, 9.17) is 23.2 Å². The average Bonchev–Trinajstić information content (AvgIpc) is 2.32. The average molecular weight is 424 g/mol. The van der Waals surface area contributed by atoms with Crippen LogP contribution in [-0.2, 0) is 0 Å². The highest BCUT2D eigenvalue weighted by molar-refractivity contribution is 9.11. The fourth-order valence-corrected chi connectivity index (χ4v) is 3.10. The van der Waals surface area contributed by atoms with Gasteiger partial charge in [0.2, 0.25) is 0 Å². The van der Waals surface area contributed by atoms with Gasteiger partial charge in [0.15, 0.2) is 0 Å². The fourth-order valence-electron chi connectivity index (χ4n) is 1.47. The van der Waals surface area contributed by atoms with E-state index in [1.165, 1.54) is 0 Å². The number of benzene rings is 2. The van der Waals surface area contributed by atoms with Gasteiger partial charge in [-0.15, -0.1) is 0 Å². The van der Waals surface area contributed by atoms with Gasteiger partial charge < -0.3 is 5.32 Å². The van der Waals surface area contributed by atoms with Crippen molar-refractivity contribution in [2.45, 2.75) is 0 Å². The third kappa shape index (κ3) is 3.96. The molecule has 1 amide bonds. The van der Waals surface area contributed by atoms with Gasteiger partial charge in [0.1, 0.15) is 0 Å². The minimum absolute atomic E-state index is 0.258. The molecule has 1 N–H and O–H groups in total. The molecule has 0 radical (unpaired) electrons. The monoisotopic (exact) mass is 421 g/mol. The van der Waals surface area contributed by atoms with E-state index in [1.807, 2.05) is 6.07 Å². The SMILES string of the molecule is O=C(Nc1cc(Cl)ccc1Cl)c1cc(Br)cc(Br)c1. The molecule has 2 aromatic rings. The zero-order valence-electron chi connectivity index (χ0n) is 9.38. The maximum atomic E-state index is 12.1. The third-order valence-electron chi connectivity index (χ3n) is 2.30. The Bertz CT molecular complexity index is 626. The van der Waals surface area contributed by atoms with Crippen LogP contribution in [0.15, 0.2) is 45.3 Å². The number of hydrogen-bond donors (Lipinski definition) is 1. The van der Waals surface area contributed by atoms with Crippen LogP contribution in [0.1, 0.15) is 10.4 Å². The highest BCUT2D eigenvalue weighted by atomic mass is 79.9. The molecule has 0 heterocycles. The number of halogens is 4. The van der Waals surface area contributed by atoms with Crippen molar-refractivity contribution in [3.8, 4) is 0 Å². The maximum Gasteiger partial charge on any atom is 0.255 e. The summed E-state index contributed by atoms with van der Waals surface area (Å²) >= 11 is 18.5. The van der Waals surface area contributed by atoms with Crippen LogP contribution in [0, 0.1) is 0 Å². The lowest BCUT2D eigenvalue weighted by atomic mass is 10.2. The van der Waals surface area contributed by atoms with Crippen molar-refractivity contribution in [3.05, 3.63) is 61.0 Å². The number of hydrogen-bond acceptors (Lipinski definition) is 1. The van der Waals surface area contributed by atoms with E-state index in [2.05, 4.69) is 37.2 Å². The summed E-state index contributed by atoms with van der Waals surface area (Å²) in [6, 6.07) is 10.2. The molecule has 0 aliphatic heterocycles. The van der Waals surface area contributed by atoms with Gasteiger partial charge in [-0.05, 0) is 36.4 Å². The van der Waals surface area contributed by atoms with E-state index in [0.717, 1.165) is 8.95 Å². The highest BCUT2D eigenvalue weighted by Gasteiger charge is 2.10. The minimum atomic E-state index is -0.258. The topological polar surface area (TPSA) is 29.1 Å². The molecule has 0 atom stereocenters. The molecule has 0 aliphatic rings. The first-order valence-electron chi connectivity index (χ1n) is 5.18. The normalized spacial score (nSPS) is 10.3. The number of nitrogens with one attached hydrogen (secondary N) is 1. The molecular weight excluding hydrogens is 417 g/mol. The largest absolute Gasteiger partial charge is 0.321 e. The van der Waals surface area contributed by atoms with Crippen LogP contribution < -0.4 is 5.32 Å². The zero-order valence-corrected chi connectivity index (χ0v) is 14.1. The summed E-state index contributed by atoms with van der Waals surface area (Å²) in [6.07, 6.45) is 0. The van der Waals surface area contributed by atoms with Crippen molar-refractivity contribution in [1.29, 1.82) is 0 Å². The zero-order chi connectivity index (χ0) is 14.0. The molecule has 0 spiro atoms. The maximum absolute atomic E-state index is 12.1. The summed E-state index contributed by atoms with van der Waals surface area (Å²) in [5, 5.41) is 3.67. The Morgan fingerprint density at radius 1 is 1.00 bits per heavy atom. The fraction of sp³-hybridized carbons (Fsp3) is 0. The van der Waals surface area contributed by atoms with Gasteiger partial charge in [0, 0.05) is 19.5 Å². The standard InChI is InChI=1S/C13H7Br2Cl2NO/c14-8-3-7(4-9(15)5-8)13(19)18-12-6-10(16)1-2-11(12)17/h1-6H,(H,18,19). The smallest absolute Gasteiger partial charge is 0.255 e. The first-order chi connectivity index (χ1) is 8.95. The lowest BCUT2D eigenvalue weighted by Gasteiger charge is -2.08. The summed E-state index contributed by atoms with van der Waals surface area (Å²) in [5.41, 5.74) is 0.993. The van der Waals surface area contributed by atoms with Gasteiger partial charge in [0.05, 0.1) is 10.7 Å². The van der Waals surface area contributed by atoms with Crippen molar-refractivity contribution < 1.29 is 4.79 Å². The van der Waals surface area contributed by atoms with Crippen molar-refractivity contribution >= 4 is 66.7 Å². The second-order valence-corrected chi connectivity index (χ2v) is 6.41. The Kier molecular flexibility index (Phi) is 4.90. The molecule has 0 fully saturated rings. The van der Waals surface area contributed by atoms with Gasteiger partial charge in [-0.25, -0.2) is 0 Å². The molecule has 0 bridgehead atoms. The molecule has 2 nitrogen and oxygen atoms in total. The van der Waals surface area contributed by atoms with Crippen LogP contribution in [0.3, 0.4) is 0 Å². The number of anilines is 1. The second-order valence-electron chi connectivity index (χ2n) is 3.74. The van der Waals surface area contributed by atoms with Crippen LogP contribution in [0.4, 0.5) is 5.69 Å². The van der Waals surface area contributed by atoms with Crippen LogP contribution in [0.2, 0.25) is 10.0 Å². The van der Waals surface area contributed by atoms with Crippen molar-refractivity contribution in [2.75, 3.05) is 5.32 Å². The molecule has 0 unspecified atom stereocenters. The van der Waals surface area contributed by atoms with Gasteiger partial charge in [-0.2, -0.15) is 0 Å².